The van der Waals surface area contributed by atoms with Gasteiger partial charge in [0.05, 0.1) is 12.1 Å². The molecule has 1 aromatic heterocycles. The van der Waals surface area contributed by atoms with Gasteiger partial charge in [0.1, 0.15) is 18.0 Å². The standard InChI is InChI=1S/C14H16ClFN4O/c1-21-11-5-13(14-17-8-18-19-14)20(7-11)6-9-4-10(16)2-3-12(9)15/h2-4,8,11,13H,5-7H2,1H3,(H,17,18,19)/t11-,13+/m1/s1. The number of rotatable bonds is 4. The second-order valence-corrected chi connectivity index (χ2v) is 5.55. The number of nitrogens with zero attached hydrogens (tertiary/aromatic N) is 3. The summed E-state index contributed by atoms with van der Waals surface area (Å²) in [6.07, 6.45) is 2.42. The van der Waals surface area contributed by atoms with Crippen molar-refractivity contribution in [2.75, 3.05) is 13.7 Å². The zero-order chi connectivity index (χ0) is 14.8. The van der Waals surface area contributed by atoms with Gasteiger partial charge in [-0.15, -0.1) is 0 Å². The highest BCUT2D eigenvalue weighted by atomic mass is 35.5. The van der Waals surface area contributed by atoms with Gasteiger partial charge in [-0.1, -0.05) is 11.6 Å². The van der Waals surface area contributed by atoms with E-state index in [-0.39, 0.29) is 18.0 Å². The molecule has 1 fully saturated rings. The molecule has 0 amide bonds. The van der Waals surface area contributed by atoms with Crippen molar-refractivity contribution in [1.29, 1.82) is 0 Å². The van der Waals surface area contributed by atoms with Crippen LogP contribution < -0.4 is 0 Å². The van der Waals surface area contributed by atoms with E-state index in [9.17, 15) is 4.39 Å². The van der Waals surface area contributed by atoms with Crippen molar-refractivity contribution in [3.8, 4) is 0 Å². The second kappa shape index (κ2) is 6.09. The summed E-state index contributed by atoms with van der Waals surface area (Å²) < 4.78 is 18.9. The van der Waals surface area contributed by atoms with Crippen LogP contribution in [-0.4, -0.2) is 39.8 Å². The summed E-state index contributed by atoms with van der Waals surface area (Å²) in [4.78, 5) is 6.40. The van der Waals surface area contributed by atoms with Crippen molar-refractivity contribution < 1.29 is 9.13 Å². The lowest BCUT2D eigenvalue weighted by atomic mass is 10.1. The number of ether oxygens (including phenoxy) is 1. The Morgan fingerprint density at radius 2 is 2.38 bits per heavy atom. The molecule has 7 heteroatoms. The molecular weight excluding hydrogens is 295 g/mol. The van der Waals surface area contributed by atoms with Crippen LogP contribution in [0.4, 0.5) is 4.39 Å². The molecule has 0 saturated carbocycles. The molecule has 2 heterocycles. The van der Waals surface area contributed by atoms with Crippen LogP contribution in [0.3, 0.4) is 0 Å². The lowest BCUT2D eigenvalue weighted by molar-refractivity contribution is 0.107. The van der Waals surface area contributed by atoms with Gasteiger partial charge in [0.2, 0.25) is 0 Å². The Morgan fingerprint density at radius 1 is 1.52 bits per heavy atom. The first-order valence-electron chi connectivity index (χ1n) is 6.73. The highest BCUT2D eigenvalue weighted by molar-refractivity contribution is 6.31. The van der Waals surface area contributed by atoms with Crippen molar-refractivity contribution in [3.63, 3.8) is 0 Å². The predicted octanol–water partition coefficient (Wildman–Crippen LogP) is 2.56. The van der Waals surface area contributed by atoms with Crippen LogP contribution in [0.1, 0.15) is 23.9 Å². The maximum atomic E-state index is 13.4. The Hall–Kier alpha value is -1.50. The third kappa shape index (κ3) is 3.07. The fraction of sp³-hybridized carbons (Fsp3) is 0.429. The minimum absolute atomic E-state index is 0.0665. The maximum Gasteiger partial charge on any atom is 0.141 e. The molecule has 1 saturated heterocycles. The smallest absolute Gasteiger partial charge is 0.141 e. The lowest BCUT2D eigenvalue weighted by Crippen LogP contribution is -2.25. The van der Waals surface area contributed by atoms with Crippen LogP contribution in [0.25, 0.3) is 0 Å². The van der Waals surface area contributed by atoms with E-state index in [2.05, 4.69) is 20.1 Å². The van der Waals surface area contributed by atoms with Crippen molar-refractivity contribution in [2.24, 2.45) is 0 Å². The highest BCUT2D eigenvalue weighted by Crippen LogP contribution is 2.33. The van der Waals surface area contributed by atoms with E-state index < -0.39 is 0 Å². The van der Waals surface area contributed by atoms with Crippen molar-refractivity contribution in [2.45, 2.75) is 25.1 Å². The zero-order valence-electron chi connectivity index (χ0n) is 11.6. The van der Waals surface area contributed by atoms with Crippen molar-refractivity contribution in [1.82, 2.24) is 20.1 Å². The molecule has 5 nitrogen and oxygen atoms in total. The number of hydrogen-bond acceptors (Lipinski definition) is 4. The van der Waals surface area contributed by atoms with Crippen LogP contribution in [0, 0.1) is 5.82 Å². The SMILES string of the molecule is CO[C@@H]1C[C@@H](c2ncn[nH]2)N(Cc2cc(F)ccc2Cl)C1. The van der Waals surface area contributed by atoms with Gasteiger partial charge in [-0.25, -0.2) is 9.37 Å². The molecule has 1 N–H and O–H groups in total. The van der Waals surface area contributed by atoms with Crippen molar-refractivity contribution in [3.05, 3.63) is 46.8 Å². The fourth-order valence-electron chi connectivity index (χ4n) is 2.75. The molecule has 2 aromatic rings. The van der Waals surface area contributed by atoms with Gasteiger partial charge in [0.25, 0.3) is 0 Å². The fourth-order valence-corrected chi connectivity index (χ4v) is 2.93. The molecule has 2 atom stereocenters. The second-order valence-electron chi connectivity index (χ2n) is 5.15. The van der Waals surface area contributed by atoms with Gasteiger partial charge in [-0.2, -0.15) is 5.10 Å². The molecule has 0 radical (unpaired) electrons. The van der Waals surface area contributed by atoms with E-state index in [1.165, 1.54) is 18.5 Å². The largest absolute Gasteiger partial charge is 0.380 e. The van der Waals surface area contributed by atoms with Crippen molar-refractivity contribution >= 4 is 11.6 Å². The zero-order valence-corrected chi connectivity index (χ0v) is 12.3. The summed E-state index contributed by atoms with van der Waals surface area (Å²) in [5.41, 5.74) is 0.762. The Kier molecular flexibility index (Phi) is 4.19. The maximum absolute atomic E-state index is 13.4. The third-order valence-electron chi connectivity index (χ3n) is 3.83. The monoisotopic (exact) mass is 310 g/mol. The Bertz CT molecular complexity index is 607. The molecule has 1 aliphatic heterocycles. The summed E-state index contributed by atoms with van der Waals surface area (Å²) in [6, 6.07) is 4.48. The molecule has 0 unspecified atom stereocenters. The first-order valence-corrected chi connectivity index (χ1v) is 7.11. The number of H-pyrrole nitrogens is 1. The number of halogens is 2. The van der Waals surface area contributed by atoms with Crippen LogP contribution >= 0.6 is 11.6 Å². The minimum Gasteiger partial charge on any atom is -0.380 e. The van der Waals surface area contributed by atoms with E-state index in [0.29, 0.717) is 11.6 Å². The lowest BCUT2D eigenvalue weighted by Gasteiger charge is -2.22. The van der Waals surface area contributed by atoms with E-state index in [0.717, 1.165) is 24.4 Å². The highest BCUT2D eigenvalue weighted by Gasteiger charge is 2.35. The molecule has 112 valence electrons. The Morgan fingerprint density at radius 3 is 3.10 bits per heavy atom. The first kappa shape index (κ1) is 14.4. The Labute approximate surface area is 127 Å². The van der Waals surface area contributed by atoms with Gasteiger partial charge in [0, 0.05) is 25.2 Å². The summed E-state index contributed by atoms with van der Waals surface area (Å²) in [7, 11) is 1.70. The summed E-state index contributed by atoms with van der Waals surface area (Å²) in [6.45, 7) is 1.29. The number of aromatic amines is 1. The van der Waals surface area contributed by atoms with Gasteiger partial charge >= 0.3 is 0 Å². The molecule has 1 aliphatic rings. The normalized spacial score (nSPS) is 22.8. The van der Waals surface area contributed by atoms with E-state index in [4.69, 9.17) is 16.3 Å². The Balaban J connectivity index is 1.83. The third-order valence-corrected chi connectivity index (χ3v) is 4.20. The van der Waals surface area contributed by atoms with Crippen LogP contribution in [0.5, 0.6) is 0 Å². The predicted molar refractivity (Wildman–Crippen MR) is 76.4 cm³/mol. The number of hydrogen-bond donors (Lipinski definition) is 1. The topological polar surface area (TPSA) is 54.0 Å². The summed E-state index contributed by atoms with van der Waals surface area (Å²) >= 11 is 6.16. The molecule has 0 bridgehead atoms. The summed E-state index contributed by atoms with van der Waals surface area (Å²) in [5, 5.41) is 7.36. The quantitative estimate of drug-likeness (QED) is 0.943. The molecule has 0 aliphatic carbocycles. The molecule has 0 spiro atoms. The average molecular weight is 311 g/mol. The minimum atomic E-state index is -0.284. The first-order chi connectivity index (χ1) is 10.2. The van der Waals surface area contributed by atoms with Gasteiger partial charge in [-0.05, 0) is 30.2 Å². The number of benzene rings is 1. The number of methoxy groups -OCH3 is 1. The number of likely N-dealkylation sites (tertiary alicyclic amines) is 1. The number of nitrogens with one attached hydrogen (secondary N) is 1. The molecule has 3 rings (SSSR count). The van der Waals surface area contributed by atoms with E-state index >= 15 is 0 Å². The molecule has 1 aromatic carbocycles. The van der Waals surface area contributed by atoms with E-state index in [1.807, 2.05) is 0 Å². The van der Waals surface area contributed by atoms with Gasteiger partial charge in [0.15, 0.2) is 0 Å². The molecular formula is C14H16ClFN4O. The van der Waals surface area contributed by atoms with Crippen LogP contribution in [0.2, 0.25) is 5.02 Å². The van der Waals surface area contributed by atoms with Crippen LogP contribution in [-0.2, 0) is 11.3 Å². The summed E-state index contributed by atoms with van der Waals surface area (Å²) in [5.74, 6) is 0.509. The number of aromatic nitrogens is 3. The van der Waals surface area contributed by atoms with Gasteiger partial charge in [-0.3, -0.25) is 10.00 Å². The van der Waals surface area contributed by atoms with Gasteiger partial charge < -0.3 is 4.74 Å². The van der Waals surface area contributed by atoms with E-state index in [1.54, 1.807) is 13.2 Å². The molecule has 21 heavy (non-hydrogen) atoms. The van der Waals surface area contributed by atoms with Crippen LogP contribution in [0.15, 0.2) is 24.5 Å². The average Bonchev–Trinajstić information content (AvgIpc) is 3.11.